The maximum absolute atomic E-state index is 14.9. The summed E-state index contributed by atoms with van der Waals surface area (Å²) in [6, 6.07) is 11.9. The van der Waals surface area contributed by atoms with Crippen LogP contribution in [0.5, 0.6) is 0 Å². The zero-order valence-corrected chi connectivity index (χ0v) is 34.8. The molecule has 0 unspecified atom stereocenters. The third kappa shape index (κ3) is 14.1. The number of amides is 6. The lowest BCUT2D eigenvalue weighted by Crippen LogP contribution is -2.62. The second kappa shape index (κ2) is 23.2. The molecule has 1 heterocycles. The van der Waals surface area contributed by atoms with E-state index in [0.717, 1.165) is 36.0 Å². The largest absolute Gasteiger partial charge is 0.383 e. The molecule has 0 saturated heterocycles. The van der Waals surface area contributed by atoms with Gasteiger partial charge in [0, 0.05) is 46.5 Å². The van der Waals surface area contributed by atoms with Gasteiger partial charge in [0.05, 0.1) is 6.61 Å². The number of carbonyl (C=O) groups excluding carboxylic acids is 6. The number of nitrogens with two attached hydrogens (primary N) is 2. The predicted octanol–water partition coefficient (Wildman–Crippen LogP) is 1.19. The molecule has 2 aliphatic rings. The van der Waals surface area contributed by atoms with Gasteiger partial charge in [-0.25, -0.2) is 0 Å². The van der Waals surface area contributed by atoms with Crippen LogP contribution in [0.4, 0.5) is 0 Å². The zero-order chi connectivity index (χ0) is 42.9. The Kier molecular flexibility index (Phi) is 18.1. The zero-order valence-electron chi connectivity index (χ0n) is 34.8. The maximum Gasteiger partial charge on any atom is 0.246 e. The molecule has 4 rings (SSSR count). The van der Waals surface area contributed by atoms with Gasteiger partial charge < -0.3 is 47.7 Å². The van der Waals surface area contributed by atoms with Crippen LogP contribution in [0.2, 0.25) is 0 Å². The Morgan fingerprint density at radius 1 is 0.831 bits per heavy atom. The Bertz CT molecular complexity index is 1760. The summed E-state index contributed by atoms with van der Waals surface area (Å²) in [5.41, 5.74) is 13.7. The van der Waals surface area contributed by atoms with Crippen molar-refractivity contribution < 1.29 is 33.5 Å². The number of carbonyl (C=O) groups is 6. The smallest absolute Gasteiger partial charge is 0.246 e. The number of benzene rings is 2. The molecule has 0 spiro atoms. The van der Waals surface area contributed by atoms with Gasteiger partial charge in [-0.15, -0.1) is 0 Å². The lowest BCUT2D eigenvalue weighted by atomic mass is 9.83. The SMILES string of the molecule is COCCNC(=O)[C@H](Cc1ccccc1)NC(=O)[C@@H]1Cc2ccccc2CN1C(=O)[C@H](CCCN=C(N)N)NC(=O)[C@@H](NC(=O)[C@@H](NC(C)=O)C(C)C)C1CCCCC1. The van der Waals surface area contributed by atoms with Crippen LogP contribution in [0, 0.1) is 11.8 Å². The van der Waals surface area contributed by atoms with E-state index in [1.165, 1.54) is 18.9 Å². The van der Waals surface area contributed by atoms with E-state index >= 15 is 0 Å². The first-order valence-electron chi connectivity index (χ1n) is 20.7. The molecule has 1 aliphatic carbocycles. The molecule has 59 heavy (non-hydrogen) atoms. The summed E-state index contributed by atoms with van der Waals surface area (Å²) in [5.74, 6) is -3.39. The van der Waals surface area contributed by atoms with Crippen molar-refractivity contribution in [2.24, 2.45) is 28.3 Å². The summed E-state index contributed by atoms with van der Waals surface area (Å²) in [4.78, 5) is 88.6. The van der Waals surface area contributed by atoms with E-state index < -0.39 is 59.7 Å². The molecule has 1 aliphatic heterocycles. The van der Waals surface area contributed by atoms with Gasteiger partial charge in [-0.05, 0) is 54.2 Å². The molecule has 322 valence electrons. The third-order valence-corrected chi connectivity index (χ3v) is 10.9. The number of nitrogens with zero attached hydrogens (tertiary/aromatic N) is 2. The van der Waals surface area contributed by atoms with Crippen molar-refractivity contribution in [2.45, 2.75) is 115 Å². The van der Waals surface area contributed by atoms with Crippen LogP contribution in [0.3, 0.4) is 0 Å². The topological polar surface area (TPSA) is 239 Å². The number of guanidine groups is 1. The molecule has 2 aromatic carbocycles. The van der Waals surface area contributed by atoms with Gasteiger partial charge in [0.25, 0.3) is 0 Å². The number of rotatable bonds is 20. The van der Waals surface area contributed by atoms with Crippen molar-refractivity contribution in [3.8, 4) is 0 Å². The van der Waals surface area contributed by atoms with E-state index in [2.05, 4.69) is 31.6 Å². The molecule has 9 N–H and O–H groups in total. The fourth-order valence-corrected chi connectivity index (χ4v) is 7.80. The molecule has 1 fully saturated rings. The fourth-order valence-electron chi connectivity index (χ4n) is 7.80. The van der Waals surface area contributed by atoms with Crippen molar-refractivity contribution in [3.05, 3.63) is 71.3 Å². The second-order valence-electron chi connectivity index (χ2n) is 15.8. The Morgan fingerprint density at radius 3 is 2.15 bits per heavy atom. The highest BCUT2D eigenvalue weighted by atomic mass is 16.5. The summed E-state index contributed by atoms with van der Waals surface area (Å²) in [5, 5.41) is 14.4. The minimum Gasteiger partial charge on any atom is -0.383 e. The highest BCUT2D eigenvalue weighted by Gasteiger charge is 2.41. The quantitative estimate of drug-likeness (QED) is 0.0577. The van der Waals surface area contributed by atoms with E-state index in [1.807, 2.05) is 68.4 Å². The number of ether oxygens (including phenoxy) is 1. The molecule has 6 amide bonds. The molecule has 16 heteroatoms. The molecule has 16 nitrogen and oxygen atoms in total. The lowest BCUT2D eigenvalue weighted by Gasteiger charge is -2.39. The highest BCUT2D eigenvalue weighted by molar-refractivity contribution is 5.97. The summed E-state index contributed by atoms with van der Waals surface area (Å²) in [6.07, 6.45) is 4.98. The van der Waals surface area contributed by atoms with Gasteiger partial charge in [0.15, 0.2) is 5.96 Å². The van der Waals surface area contributed by atoms with Crippen molar-refractivity contribution in [2.75, 3.05) is 26.8 Å². The Balaban J connectivity index is 1.66. The van der Waals surface area contributed by atoms with Gasteiger partial charge in [-0.2, -0.15) is 0 Å². The molecule has 2 aromatic rings. The van der Waals surface area contributed by atoms with E-state index in [4.69, 9.17) is 16.2 Å². The standard InChI is InChI=1S/C43H63N9O7/c1-27(2)36(48-28(3)53)40(56)51-37(30-16-9-6-10-17-30)41(57)49-33(20-13-21-47-43(44)45)42(58)52-26-32-19-12-11-18-31(32)25-35(52)39(55)50-34(38(54)46-22-23-59-4)24-29-14-7-5-8-15-29/h5,7-8,11-12,14-15,18-19,27,30,33-37H,6,9-10,13,16-17,20-26H2,1-4H3,(H,46,54)(H,48,53)(H,49,57)(H,50,55)(H,51,56)(H4,44,45,47)/t33-,34-,35-,36-,37-/m0/s1. The van der Waals surface area contributed by atoms with Crippen LogP contribution in [0.15, 0.2) is 59.6 Å². The van der Waals surface area contributed by atoms with Crippen molar-refractivity contribution in [1.29, 1.82) is 0 Å². The van der Waals surface area contributed by atoms with Gasteiger partial charge in [0.1, 0.15) is 30.2 Å². The number of nitrogens with one attached hydrogen (secondary N) is 5. The minimum absolute atomic E-state index is 0.0757. The predicted molar refractivity (Wildman–Crippen MR) is 224 cm³/mol. The first kappa shape index (κ1) is 46.2. The number of hydrogen-bond donors (Lipinski definition) is 7. The van der Waals surface area contributed by atoms with E-state index in [-0.39, 0.29) is 69.2 Å². The third-order valence-electron chi connectivity index (χ3n) is 10.9. The molecule has 0 bridgehead atoms. The number of fused-ring (bicyclic) bond motifs is 1. The molecular weight excluding hydrogens is 755 g/mol. The molecular formula is C43H63N9O7. The van der Waals surface area contributed by atoms with E-state index in [9.17, 15) is 28.8 Å². The summed E-state index contributed by atoms with van der Waals surface area (Å²) in [7, 11) is 1.53. The van der Waals surface area contributed by atoms with Crippen LogP contribution >= 0.6 is 0 Å². The van der Waals surface area contributed by atoms with Crippen LogP contribution < -0.4 is 38.1 Å². The Hall–Kier alpha value is -5.51. The van der Waals surface area contributed by atoms with Crippen LogP contribution in [-0.2, 0) is 52.9 Å². The average Bonchev–Trinajstić information content (AvgIpc) is 3.22. The molecule has 5 atom stereocenters. The van der Waals surface area contributed by atoms with Gasteiger partial charge in [-0.1, -0.05) is 87.7 Å². The summed E-state index contributed by atoms with van der Waals surface area (Å²) < 4.78 is 5.11. The fraction of sp³-hybridized carbons (Fsp3) is 0.558. The molecule has 0 aromatic heterocycles. The number of methoxy groups -OCH3 is 1. The van der Waals surface area contributed by atoms with Gasteiger partial charge in [0.2, 0.25) is 35.4 Å². The number of aliphatic imine (C=N–C) groups is 1. The minimum atomic E-state index is -1.13. The van der Waals surface area contributed by atoms with Crippen LogP contribution in [0.1, 0.15) is 82.4 Å². The Labute approximate surface area is 347 Å². The van der Waals surface area contributed by atoms with E-state index in [1.54, 1.807) is 0 Å². The van der Waals surface area contributed by atoms with Crippen LogP contribution in [-0.4, -0.2) is 103 Å². The molecule has 0 radical (unpaired) electrons. The van der Waals surface area contributed by atoms with Crippen molar-refractivity contribution >= 4 is 41.4 Å². The maximum atomic E-state index is 14.9. The van der Waals surface area contributed by atoms with Gasteiger partial charge >= 0.3 is 0 Å². The van der Waals surface area contributed by atoms with Crippen molar-refractivity contribution in [1.82, 2.24) is 31.5 Å². The average molecular weight is 818 g/mol. The second-order valence-corrected chi connectivity index (χ2v) is 15.8. The van der Waals surface area contributed by atoms with Crippen LogP contribution in [0.25, 0.3) is 0 Å². The highest BCUT2D eigenvalue weighted by Crippen LogP contribution is 2.28. The first-order valence-corrected chi connectivity index (χ1v) is 20.7. The summed E-state index contributed by atoms with van der Waals surface area (Å²) in [6.45, 7) is 5.74. The monoisotopic (exact) mass is 817 g/mol. The normalized spacial score (nSPS) is 17.3. The lowest BCUT2D eigenvalue weighted by molar-refractivity contribution is -0.146. The summed E-state index contributed by atoms with van der Waals surface area (Å²) >= 11 is 0. The Morgan fingerprint density at radius 2 is 1.51 bits per heavy atom. The van der Waals surface area contributed by atoms with Gasteiger partial charge in [-0.3, -0.25) is 33.8 Å². The van der Waals surface area contributed by atoms with E-state index in [0.29, 0.717) is 19.3 Å². The number of hydrogen-bond acceptors (Lipinski definition) is 8. The first-order chi connectivity index (χ1) is 28.3. The van der Waals surface area contributed by atoms with Crippen molar-refractivity contribution in [3.63, 3.8) is 0 Å². The molecule has 1 saturated carbocycles.